The van der Waals surface area contributed by atoms with Crippen molar-refractivity contribution in [3.05, 3.63) is 0 Å². The van der Waals surface area contributed by atoms with E-state index in [0.717, 1.165) is 25.7 Å². The standard InChI is InChI=1S/C18H34N4O3S/c1-15-6-5-11-22(14-15)26(24,25)21-12-9-17(10-13-21)20-18(23)19-16-7-3-2-4-8-16/h15-17H,2-14H2,1H3,(H2,19,20,23)/t15-/m1/s1. The molecule has 2 heterocycles. The smallest absolute Gasteiger partial charge is 0.315 e. The number of piperidine rings is 2. The second-order valence-corrected chi connectivity index (χ2v) is 10.2. The van der Waals surface area contributed by atoms with E-state index < -0.39 is 10.2 Å². The highest BCUT2D eigenvalue weighted by molar-refractivity contribution is 7.86. The normalized spacial score (nSPS) is 28.0. The molecule has 2 N–H and O–H groups in total. The van der Waals surface area contributed by atoms with Crippen LogP contribution in [-0.4, -0.2) is 61.3 Å². The van der Waals surface area contributed by atoms with Crippen molar-refractivity contribution < 1.29 is 13.2 Å². The van der Waals surface area contributed by atoms with Crippen molar-refractivity contribution >= 4 is 16.2 Å². The summed E-state index contributed by atoms with van der Waals surface area (Å²) in [7, 11) is -3.35. The van der Waals surface area contributed by atoms with Crippen molar-refractivity contribution in [2.45, 2.75) is 76.8 Å². The minimum absolute atomic E-state index is 0.0605. The molecule has 0 radical (unpaired) electrons. The van der Waals surface area contributed by atoms with Gasteiger partial charge in [-0.05, 0) is 44.4 Å². The number of hydrogen-bond donors (Lipinski definition) is 2. The summed E-state index contributed by atoms with van der Waals surface area (Å²) in [5, 5.41) is 6.11. The molecule has 0 bridgehead atoms. The molecule has 2 amide bonds. The van der Waals surface area contributed by atoms with E-state index in [1.165, 1.54) is 19.3 Å². The number of urea groups is 1. The summed E-state index contributed by atoms with van der Waals surface area (Å²) in [6, 6.07) is 0.263. The lowest BCUT2D eigenvalue weighted by atomic mass is 9.96. The molecule has 2 aliphatic heterocycles. The van der Waals surface area contributed by atoms with Gasteiger partial charge in [0, 0.05) is 38.3 Å². The molecule has 3 rings (SSSR count). The summed E-state index contributed by atoms with van der Waals surface area (Å²) in [6.45, 7) is 4.35. The lowest BCUT2D eigenvalue weighted by Crippen LogP contribution is -2.54. The van der Waals surface area contributed by atoms with E-state index in [1.807, 2.05) is 0 Å². The number of nitrogens with zero attached hydrogens (tertiary/aromatic N) is 2. The highest BCUT2D eigenvalue weighted by Crippen LogP contribution is 2.23. The zero-order valence-electron chi connectivity index (χ0n) is 16.0. The van der Waals surface area contributed by atoms with Crippen LogP contribution >= 0.6 is 0 Å². The van der Waals surface area contributed by atoms with Crippen molar-refractivity contribution in [2.75, 3.05) is 26.2 Å². The molecule has 7 nitrogen and oxygen atoms in total. The zero-order chi connectivity index (χ0) is 18.6. The Labute approximate surface area is 158 Å². The lowest BCUT2D eigenvalue weighted by Gasteiger charge is -2.37. The van der Waals surface area contributed by atoms with E-state index in [-0.39, 0.29) is 12.1 Å². The van der Waals surface area contributed by atoms with Gasteiger partial charge in [0.25, 0.3) is 10.2 Å². The van der Waals surface area contributed by atoms with Crippen LogP contribution in [0.1, 0.15) is 64.7 Å². The summed E-state index contributed by atoms with van der Waals surface area (Å²) in [5.41, 5.74) is 0. The van der Waals surface area contributed by atoms with Crippen LogP contribution in [0.3, 0.4) is 0 Å². The van der Waals surface area contributed by atoms with Gasteiger partial charge in [-0.15, -0.1) is 0 Å². The second kappa shape index (κ2) is 8.89. The SMILES string of the molecule is C[C@@H]1CCCN(S(=O)(=O)N2CCC(NC(=O)NC3CCCCC3)CC2)C1. The molecule has 2 saturated heterocycles. The van der Waals surface area contributed by atoms with Gasteiger partial charge in [-0.1, -0.05) is 26.2 Å². The van der Waals surface area contributed by atoms with Crippen LogP contribution in [0.2, 0.25) is 0 Å². The molecule has 0 spiro atoms. The average Bonchev–Trinajstić information content (AvgIpc) is 2.63. The number of rotatable bonds is 4. The lowest BCUT2D eigenvalue weighted by molar-refractivity contribution is 0.214. The molecular weight excluding hydrogens is 352 g/mol. The van der Waals surface area contributed by atoms with Gasteiger partial charge < -0.3 is 10.6 Å². The Bertz CT molecular complexity index is 569. The fourth-order valence-electron chi connectivity index (χ4n) is 4.41. The Balaban J connectivity index is 1.44. The van der Waals surface area contributed by atoms with E-state index in [0.29, 0.717) is 51.0 Å². The van der Waals surface area contributed by atoms with Crippen LogP contribution in [-0.2, 0) is 10.2 Å². The number of hydrogen-bond acceptors (Lipinski definition) is 3. The van der Waals surface area contributed by atoms with Gasteiger partial charge in [0.05, 0.1) is 0 Å². The summed E-state index contributed by atoms with van der Waals surface area (Å²) in [6.07, 6.45) is 9.20. The van der Waals surface area contributed by atoms with Gasteiger partial charge in [0.1, 0.15) is 0 Å². The summed E-state index contributed by atoms with van der Waals surface area (Å²) < 4.78 is 28.9. The highest BCUT2D eigenvalue weighted by Gasteiger charge is 2.35. The molecule has 1 saturated carbocycles. The monoisotopic (exact) mass is 386 g/mol. The molecule has 3 aliphatic rings. The van der Waals surface area contributed by atoms with E-state index in [2.05, 4.69) is 17.6 Å². The first-order valence-corrected chi connectivity index (χ1v) is 11.7. The first-order valence-electron chi connectivity index (χ1n) is 10.3. The second-order valence-electron chi connectivity index (χ2n) is 8.24. The predicted octanol–water partition coefficient (Wildman–Crippen LogP) is 2.06. The average molecular weight is 387 g/mol. The fraction of sp³-hybridized carbons (Fsp3) is 0.944. The number of carbonyl (C=O) groups excluding carboxylic acids is 1. The van der Waals surface area contributed by atoms with Gasteiger partial charge in [-0.3, -0.25) is 0 Å². The van der Waals surface area contributed by atoms with Gasteiger partial charge >= 0.3 is 6.03 Å². The molecule has 0 aromatic carbocycles. The van der Waals surface area contributed by atoms with Crippen LogP contribution in [0.4, 0.5) is 4.79 Å². The summed E-state index contributed by atoms with van der Waals surface area (Å²) >= 11 is 0. The Morgan fingerprint density at radius 1 is 0.808 bits per heavy atom. The highest BCUT2D eigenvalue weighted by atomic mass is 32.2. The molecule has 1 atom stereocenters. The fourth-order valence-corrected chi connectivity index (χ4v) is 6.21. The number of amides is 2. The molecule has 0 unspecified atom stereocenters. The van der Waals surface area contributed by atoms with Crippen LogP contribution in [0.15, 0.2) is 0 Å². The van der Waals surface area contributed by atoms with Crippen molar-refractivity contribution in [2.24, 2.45) is 5.92 Å². The molecule has 150 valence electrons. The van der Waals surface area contributed by atoms with Gasteiger partial charge in [-0.2, -0.15) is 17.0 Å². The van der Waals surface area contributed by atoms with E-state index in [9.17, 15) is 13.2 Å². The van der Waals surface area contributed by atoms with Gasteiger partial charge in [-0.25, -0.2) is 4.79 Å². The molecule has 1 aliphatic carbocycles. The number of nitrogens with one attached hydrogen (secondary N) is 2. The Morgan fingerprint density at radius 2 is 1.42 bits per heavy atom. The third kappa shape index (κ3) is 5.10. The first kappa shape index (κ1) is 19.9. The maximum Gasteiger partial charge on any atom is 0.315 e. The molecule has 0 aromatic heterocycles. The maximum atomic E-state index is 12.8. The Morgan fingerprint density at radius 3 is 2.04 bits per heavy atom. The van der Waals surface area contributed by atoms with E-state index >= 15 is 0 Å². The van der Waals surface area contributed by atoms with Crippen LogP contribution < -0.4 is 10.6 Å². The largest absolute Gasteiger partial charge is 0.335 e. The van der Waals surface area contributed by atoms with Crippen molar-refractivity contribution in [1.29, 1.82) is 0 Å². The van der Waals surface area contributed by atoms with Crippen molar-refractivity contribution in [3.63, 3.8) is 0 Å². The van der Waals surface area contributed by atoms with Crippen LogP contribution in [0, 0.1) is 5.92 Å². The van der Waals surface area contributed by atoms with Crippen LogP contribution in [0.5, 0.6) is 0 Å². The topological polar surface area (TPSA) is 81.8 Å². The Hall–Kier alpha value is -0.860. The van der Waals surface area contributed by atoms with Gasteiger partial charge in [0.2, 0.25) is 0 Å². The molecule has 8 heteroatoms. The van der Waals surface area contributed by atoms with E-state index in [4.69, 9.17) is 0 Å². The summed E-state index contributed by atoms with van der Waals surface area (Å²) in [4.78, 5) is 12.2. The zero-order valence-corrected chi connectivity index (χ0v) is 16.8. The van der Waals surface area contributed by atoms with Crippen molar-refractivity contribution in [1.82, 2.24) is 19.2 Å². The molecule has 3 fully saturated rings. The number of carbonyl (C=O) groups is 1. The maximum absolute atomic E-state index is 12.8. The van der Waals surface area contributed by atoms with Crippen LogP contribution in [0.25, 0.3) is 0 Å². The molecular formula is C18H34N4O3S. The Kier molecular flexibility index (Phi) is 6.80. The molecule has 26 heavy (non-hydrogen) atoms. The third-order valence-electron chi connectivity index (χ3n) is 6.00. The van der Waals surface area contributed by atoms with Gasteiger partial charge in [0.15, 0.2) is 0 Å². The first-order chi connectivity index (χ1) is 12.4. The van der Waals surface area contributed by atoms with E-state index in [1.54, 1.807) is 8.61 Å². The third-order valence-corrected chi connectivity index (χ3v) is 8.00. The molecule has 0 aromatic rings. The predicted molar refractivity (Wildman–Crippen MR) is 102 cm³/mol. The minimum Gasteiger partial charge on any atom is -0.335 e. The quantitative estimate of drug-likeness (QED) is 0.776. The summed E-state index contributed by atoms with van der Waals surface area (Å²) in [5.74, 6) is 0.432. The van der Waals surface area contributed by atoms with Crippen molar-refractivity contribution in [3.8, 4) is 0 Å². The minimum atomic E-state index is -3.35.